The maximum Gasteiger partial charge on any atom is 0.179 e. The van der Waals surface area contributed by atoms with E-state index in [9.17, 15) is 9.90 Å². The van der Waals surface area contributed by atoms with Crippen LogP contribution in [0.3, 0.4) is 0 Å². The number of Topliss-reactive ketones (excluding diaryl/α,β-unsaturated/α-hetero) is 1. The SMILES string of the molecule is CC(C(=O)c1ccccc1)N1CCC(C)(O)CC1. The molecule has 3 heteroatoms. The van der Waals surface area contributed by atoms with Crippen molar-refractivity contribution in [3.63, 3.8) is 0 Å². The first-order chi connectivity index (χ1) is 8.49. The number of hydrogen-bond donors (Lipinski definition) is 1. The Kier molecular flexibility index (Phi) is 3.83. The zero-order valence-electron chi connectivity index (χ0n) is 11.1. The summed E-state index contributed by atoms with van der Waals surface area (Å²) in [5.74, 6) is 0.164. The van der Waals surface area contributed by atoms with Gasteiger partial charge >= 0.3 is 0 Å². The van der Waals surface area contributed by atoms with Crippen LogP contribution in [0.5, 0.6) is 0 Å². The molecule has 0 amide bonds. The normalized spacial score (nSPS) is 21.5. The molecule has 0 saturated carbocycles. The maximum absolute atomic E-state index is 12.3. The van der Waals surface area contributed by atoms with Crippen LogP contribution in [0.25, 0.3) is 0 Å². The molecule has 2 rings (SSSR count). The smallest absolute Gasteiger partial charge is 0.179 e. The number of piperidine rings is 1. The lowest BCUT2D eigenvalue weighted by atomic mass is 9.92. The number of carbonyl (C=O) groups excluding carboxylic acids is 1. The molecule has 0 spiro atoms. The van der Waals surface area contributed by atoms with Gasteiger partial charge < -0.3 is 5.11 Å². The average Bonchev–Trinajstić information content (AvgIpc) is 2.38. The summed E-state index contributed by atoms with van der Waals surface area (Å²) in [6.45, 7) is 5.39. The van der Waals surface area contributed by atoms with Crippen LogP contribution < -0.4 is 0 Å². The van der Waals surface area contributed by atoms with Crippen molar-refractivity contribution in [3.8, 4) is 0 Å². The fourth-order valence-electron chi connectivity index (χ4n) is 2.40. The van der Waals surface area contributed by atoms with Crippen LogP contribution in [0.2, 0.25) is 0 Å². The molecule has 1 saturated heterocycles. The minimum absolute atomic E-state index is 0.108. The predicted octanol–water partition coefficient (Wildman–Crippen LogP) is 2.10. The van der Waals surface area contributed by atoms with E-state index in [-0.39, 0.29) is 11.8 Å². The van der Waals surface area contributed by atoms with Crippen molar-refractivity contribution in [1.29, 1.82) is 0 Å². The Morgan fingerprint density at radius 1 is 1.28 bits per heavy atom. The highest BCUT2D eigenvalue weighted by Crippen LogP contribution is 2.23. The topological polar surface area (TPSA) is 40.5 Å². The summed E-state index contributed by atoms with van der Waals surface area (Å²) >= 11 is 0. The lowest BCUT2D eigenvalue weighted by Gasteiger charge is -2.38. The lowest BCUT2D eigenvalue weighted by Crippen LogP contribution is -2.48. The van der Waals surface area contributed by atoms with E-state index < -0.39 is 5.60 Å². The van der Waals surface area contributed by atoms with Crippen LogP contribution in [0, 0.1) is 0 Å². The largest absolute Gasteiger partial charge is 0.390 e. The number of nitrogens with zero attached hydrogens (tertiary/aromatic N) is 1. The number of ketones is 1. The number of carbonyl (C=O) groups is 1. The van der Waals surface area contributed by atoms with Gasteiger partial charge in [-0.1, -0.05) is 30.3 Å². The summed E-state index contributed by atoms with van der Waals surface area (Å²) in [6, 6.07) is 9.31. The Labute approximate surface area is 108 Å². The minimum Gasteiger partial charge on any atom is -0.390 e. The van der Waals surface area contributed by atoms with Crippen molar-refractivity contribution in [2.45, 2.75) is 38.3 Å². The number of hydrogen-bond acceptors (Lipinski definition) is 3. The van der Waals surface area contributed by atoms with E-state index >= 15 is 0 Å². The van der Waals surface area contributed by atoms with Crippen molar-refractivity contribution in [3.05, 3.63) is 35.9 Å². The molecule has 3 nitrogen and oxygen atoms in total. The molecule has 0 bridgehead atoms. The molecule has 0 aromatic heterocycles. The average molecular weight is 247 g/mol. The maximum atomic E-state index is 12.3. The molecule has 1 N–H and O–H groups in total. The van der Waals surface area contributed by atoms with Crippen LogP contribution >= 0.6 is 0 Å². The van der Waals surface area contributed by atoms with Crippen LogP contribution in [0.15, 0.2) is 30.3 Å². The first kappa shape index (κ1) is 13.2. The van der Waals surface area contributed by atoms with E-state index in [1.54, 1.807) is 0 Å². The monoisotopic (exact) mass is 247 g/mol. The molecule has 1 aromatic rings. The molecule has 1 atom stereocenters. The molecule has 18 heavy (non-hydrogen) atoms. The summed E-state index contributed by atoms with van der Waals surface area (Å²) in [5, 5.41) is 9.92. The Morgan fingerprint density at radius 3 is 2.39 bits per heavy atom. The second-order valence-corrected chi connectivity index (χ2v) is 5.44. The van der Waals surface area contributed by atoms with Gasteiger partial charge in [-0.2, -0.15) is 0 Å². The summed E-state index contributed by atoms with van der Waals surface area (Å²) in [7, 11) is 0. The van der Waals surface area contributed by atoms with Gasteiger partial charge in [-0.25, -0.2) is 0 Å². The third kappa shape index (κ3) is 2.98. The van der Waals surface area contributed by atoms with E-state index in [0.29, 0.717) is 0 Å². The van der Waals surface area contributed by atoms with Crippen molar-refractivity contribution >= 4 is 5.78 Å². The Morgan fingerprint density at radius 2 is 1.83 bits per heavy atom. The van der Waals surface area contributed by atoms with Gasteiger partial charge in [0.1, 0.15) is 0 Å². The molecule has 1 heterocycles. The van der Waals surface area contributed by atoms with Crippen molar-refractivity contribution in [2.75, 3.05) is 13.1 Å². The van der Waals surface area contributed by atoms with Gasteiger partial charge in [-0.3, -0.25) is 9.69 Å². The van der Waals surface area contributed by atoms with E-state index in [1.807, 2.05) is 44.2 Å². The van der Waals surface area contributed by atoms with E-state index in [1.165, 1.54) is 0 Å². The second-order valence-electron chi connectivity index (χ2n) is 5.44. The highest BCUT2D eigenvalue weighted by atomic mass is 16.3. The molecular weight excluding hydrogens is 226 g/mol. The number of rotatable bonds is 3. The first-order valence-corrected chi connectivity index (χ1v) is 6.55. The van der Waals surface area contributed by atoms with Gasteiger partial charge in [0, 0.05) is 18.7 Å². The lowest BCUT2D eigenvalue weighted by molar-refractivity contribution is -0.0127. The molecule has 1 aromatic carbocycles. The zero-order chi connectivity index (χ0) is 13.2. The summed E-state index contributed by atoms with van der Waals surface area (Å²) in [4.78, 5) is 14.5. The fourth-order valence-corrected chi connectivity index (χ4v) is 2.40. The Balaban J connectivity index is 2.00. The van der Waals surface area contributed by atoms with Gasteiger partial charge in [0.05, 0.1) is 11.6 Å². The van der Waals surface area contributed by atoms with Crippen molar-refractivity contribution < 1.29 is 9.90 Å². The van der Waals surface area contributed by atoms with Crippen LogP contribution in [-0.4, -0.2) is 40.5 Å². The first-order valence-electron chi connectivity index (χ1n) is 6.55. The number of benzene rings is 1. The quantitative estimate of drug-likeness (QED) is 0.832. The van der Waals surface area contributed by atoms with Gasteiger partial charge in [0.15, 0.2) is 5.78 Å². The molecule has 1 unspecified atom stereocenters. The highest BCUT2D eigenvalue weighted by molar-refractivity contribution is 5.99. The molecular formula is C15H21NO2. The fraction of sp³-hybridized carbons (Fsp3) is 0.533. The second kappa shape index (κ2) is 5.21. The van der Waals surface area contributed by atoms with Gasteiger partial charge in [-0.15, -0.1) is 0 Å². The number of likely N-dealkylation sites (tertiary alicyclic amines) is 1. The summed E-state index contributed by atoms with van der Waals surface area (Å²) < 4.78 is 0. The van der Waals surface area contributed by atoms with E-state index in [0.717, 1.165) is 31.5 Å². The Hall–Kier alpha value is -1.19. The third-order valence-corrected chi connectivity index (χ3v) is 3.86. The predicted molar refractivity (Wildman–Crippen MR) is 71.7 cm³/mol. The summed E-state index contributed by atoms with van der Waals surface area (Å²) in [6.07, 6.45) is 1.47. The molecule has 1 fully saturated rings. The van der Waals surface area contributed by atoms with E-state index in [4.69, 9.17) is 0 Å². The zero-order valence-corrected chi connectivity index (χ0v) is 11.1. The van der Waals surface area contributed by atoms with Gasteiger partial charge in [0.2, 0.25) is 0 Å². The molecule has 1 aliphatic rings. The third-order valence-electron chi connectivity index (χ3n) is 3.86. The molecule has 1 aliphatic heterocycles. The van der Waals surface area contributed by atoms with Crippen LogP contribution in [0.1, 0.15) is 37.0 Å². The van der Waals surface area contributed by atoms with Crippen LogP contribution in [-0.2, 0) is 0 Å². The van der Waals surface area contributed by atoms with E-state index in [2.05, 4.69) is 4.90 Å². The molecule has 0 aliphatic carbocycles. The van der Waals surface area contributed by atoms with Gasteiger partial charge in [0.25, 0.3) is 0 Å². The number of aliphatic hydroxyl groups is 1. The standard InChI is InChI=1S/C15H21NO2/c1-12(14(17)13-6-4-3-5-7-13)16-10-8-15(2,18)9-11-16/h3-7,12,18H,8-11H2,1-2H3. The molecule has 0 radical (unpaired) electrons. The minimum atomic E-state index is -0.563. The Bertz CT molecular complexity index is 404. The van der Waals surface area contributed by atoms with Crippen molar-refractivity contribution in [2.24, 2.45) is 0 Å². The van der Waals surface area contributed by atoms with Gasteiger partial charge in [-0.05, 0) is 26.7 Å². The molecule has 98 valence electrons. The highest BCUT2D eigenvalue weighted by Gasteiger charge is 2.31. The van der Waals surface area contributed by atoms with Crippen LogP contribution in [0.4, 0.5) is 0 Å². The summed E-state index contributed by atoms with van der Waals surface area (Å²) in [5.41, 5.74) is 0.203. The van der Waals surface area contributed by atoms with Crippen molar-refractivity contribution in [1.82, 2.24) is 4.90 Å².